The van der Waals surface area contributed by atoms with Crippen LogP contribution in [0.4, 0.5) is 0 Å². The lowest BCUT2D eigenvalue weighted by Gasteiger charge is -2.18. The predicted molar refractivity (Wildman–Crippen MR) is 120 cm³/mol. The van der Waals surface area contributed by atoms with Crippen LogP contribution in [0.3, 0.4) is 0 Å². The second-order valence-corrected chi connectivity index (χ2v) is 7.54. The number of hydrogen-bond donors (Lipinski definition) is 0. The van der Waals surface area contributed by atoms with Gasteiger partial charge >= 0.3 is 17.9 Å². The first-order chi connectivity index (χ1) is 15.2. The lowest BCUT2D eigenvalue weighted by molar-refractivity contribution is -0.144. The number of hydrogen-bond acceptors (Lipinski definition) is 6. The van der Waals surface area contributed by atoms with Gasteiger partial charge in [0.15, 0.2) is 0 Å². The molecule has 2 aromatic carbocycles. The van der Waals surface area contributed by atoms with E-state index >= 15 is 0 Å². The third-order valence-corrected chi connectivity index (χ3v) is 4.99. The molecule has 1 unspecified atom stereocenters. The van der Waals surface area contributed by atoms with Crippen LogP contribution in [-0.4, -0.2) is 17.9 Å². The van der Waals surface area contributed by atoms with Gasteiger partial charge in [0.1, 0.15) is 17.6 Å². The van der Waals surface area contributed by atoms with Crippen molar-refractivity contribution in [2.75, 3.05) is 0 Å². The Hall–Kier alpha value is -3.93. The second-order valence-electron chi connectivity index (χ2n) is 7.54. The molecular formula is C26H24O6. The van der Waals surface area contributed by atoms with Crippen molar-refractivity contribution >= 4 is 17.9 Å². The fraction of sp³-hybridized carbons (Fsp3) is 0.192. The number of benzene rings is 2. The van der Waals surface area contributed by atoms with E-state index in [-0.39, 0.29) is 5.57 Å². The van der Waals surface area contributed by atoms with Gasteiger partial charge in [-0.05, 0) is 61.6 Å². The van der Waals surface area contributed by atoms with E-state index in [4.69, 9.17) is 14.2 Å². The molecule has 1 atom stereocenters. The van der Waals surface area contributed by atoms with Gasteiger partial charge in [0, 0.05) is 22.8 Å². The minimum absolute atomic E-state index is 0.265. The van der Waals surface area contributed by atoms with E-state index in [2.05, 4.69) is 19.7 Å². The van der Waals surface area contributed by atoms with Gasteiger partial charge in [-0.3, -0.25) is 0 Å². The lowest BCUT2D eigenvalue weighted by atomic mass is 9.96. The Morgan fingerprint density at radius 3 is 2.19 bits per heavy atom. The van der Waals surface area contributed by atoms with Gasteiger partial charge in [-0.1, -0.05) is 37.9 Å². The van der Waals surface area contributed by atoms with Crippen LogP contribution in [0.15, 0.2) is 73.4 Å². The minimum Gasteiger partial charge on any atom is -0.454 e. The van der Waals surface area contributed by atoms with Crippen LogP contribution in [0.2, 0.25) is 0 Å². The molecule has 0 heterocycles. The van der Waals surface area contributed by atoms with Crippen LogP contribution in [-0.2, 0) is 25.5 Å². The van der Waals surface area contributed by atoms with Gasteiger partial charge in [-0.15, -0.1) is 0 Å². The Labute approximate surface area is 186 Å². The molecule has 0 saturated carbocycles. The zero-order chi connectivity index (χ0) is 23.4. The number of ether oxygens (including phenoxy) is 3. The summed E-state index contributed by atoms with van der Waals surface area (Å²) in [4.78, 5) is 35.7. The summed E-state index contributed by atoms with van der Waals surface area (Å²) >= 11 is 0. The summed E-state index contributed by atoms with van der Waals surface area (Å²) in [5.74, 6) is -0.852. The molecule has 2 aromatic rings. The van der Waals surface area contributed by atoms with E-state index in [1.807, 2.05) is 18.2 Å². The Morgan fingerprint density at radius 1 is 0.938 bits per heavy atom. The first-order valence-electron chi connectivity index (χ1n) is 10.1. The van der Waals surface area contributed by atoms with Crippen molar-refractivity contribution in [2.24, 2.45) is 0 Å². The molecule has 1 aliphatic rings. The third-order valence-electron chi connectivity index (χ3n) is 4.99. The van der Waals surface area contributed by atoms with Gasteiger partial charge in [0.05, 0.1) is 0 Å². The fourth-order valence-electron chi connectivity index (χ4n) is 3.44. The van der Waals surface area contributed by atoms with Gasteiger partial charge in [0.25, 0.3) is 0 Å². The molecule has 32 heavy (non-hydrogen) atoms. The standard InChI is InChI=1S/C26H24O6/c1-6-23(27)30-18-9-7-17(8-10-18)19-11-13-21(31-25(28)15(2)3)24-20(19)12-14-22(24)32-26(29)16(4)5/h6-11,13,22H,1-2,4,12,14H2,3,5H3. The van der Waals surface area contributed by atoms with E-state index < -0.39 is 24.0 Å². The van der Waals surface area contributed by atoms with Crippen LogP contribution in [0, 0.1) is 0 Å². The van der Waals surface area contributed by atoms with Crippen LogP contribution in [0.5, 0.6) is 11.5 Å². The van der Waals surface area contributed by atoms with E-state index in [9.17, 15) is 14.4 Å². The number of fused-ring (bicyclic) bond motifs is 1. The molecule has 1 aliphatic carbocycles. The highest BCUT2D eigenvalue weighted by Crippen LogP contribution is 2.45. The highest BCUT2D eigenvalue weighted by molar-refractivity contribution is 5.90. The van der Waals surface area contributed by atoms with Crippen LogP contribution >= 0.6 is 0 Å². The fourth-order valence-corrected chi connectivity index (χ4v) is 3.44. The van der Waals surface area contributed by atoms with Crippen LogP contribution in [0.25, 0.3) is 11.1 Å². The van der Waals surface area contributed by atoms with E-state index in [1.54, 1.807) is 32.0 Å². The molecule has 0 saturated heterocycles. The van der Waals surface area contributed by atoms with E-state index in [0.717, 1.165) is 22.8 Å². The van der Waals surface area contributed by atoms with Gasteiger partial charge in [-0.2, -0.15) is 0 Å². The Kier molecular flexibility index (Phi) is 6.73. The molecule has 0 radical (unpaired) electrons. The maximum absolute atomic E-state index is 12.2. The molecule has 0 aliphatic heterocycles. The Bertz CT molecular complexity index is 1120. The number of carbonyl (C=O) groups excluding carboxylic acids is 3. The summed E-state index contributed by atoms with van der Waals surface area (Å²) in [5.41, 5.74) is 3.93. The highest BCUT2D eigenvalue weighted by Gasteiger charge is 2.32. The van der Waals surface area contributed by atoms with E-state index in [0.29, 0.717) is 35.5 Å². The summed E-state index contributed by atoms with van der Waals surface area (Å²) in [6, 6.07) is 10.6. The highest BCUT2D eigenvalue weighted by atomic mass is 16.6. The van der Waals surface area contributed by atoms with Crippen molar-refractivity contribution in [3.05, 3.63) is 84.5 Å². The molecule has 0 amide bonds. The molecule has 6 nitrogen and oxygen atoms in total. The largest absolute Gasteiger partial charge is 0.454 e. The molecule has 164 valence electrons. The van der Waals surface area contributed by atoms with Crippen LogP contribution in [0.1, 0.15) is 37.5 Å². The number of esters is 3. The molecule has 3 rings (SSSR count). The summed E-state index contributed by atoms with van der Waals surface area (Å²) in [5, 5.41) is 0. The van der Waals surface area contributed by atoms with Crippen molar-refractivity contribution in [2.45, 2.75) is 32.8 Å². The molecule has 0 bridgehead atoms. The first-order valence-corrected chi connectivity index (χ1v) is 10.1. The molecule has 0 N–H and O–H groups in total. The zero-order valence-electron chi connectivity index (χ0n) is 18.1. The first kappa shape index (κ1) is 22.7. The SMILES string of the molecule is C=CC(=O)Oc1ccc(-c2ccc(OC(=O)C(=C)C)c3c2CCC3OC(=O)C(=C)C)cc1. The van der Waals surface area contributed by atoms with Crippen molar-refractivity contribution < 1.29 is 28.6 Å². The third kappa shape index (κ3) is 4.86. The van der Waals surface area contributed by atoms with Crippen LogP contribution < -0.4 is 9.47 Å². The number of carbonyl (C=O) groups is 3. The summed E-state index contributed by atoms with van der Waals surface area (Å²) in [6.45, 7) is 13.8. The van der Waals surface area contributed by atoms with Crippen molar-refractivity contribution in [1.82, 2.24) is 0 Å². The smallest absolute Gasteiger partial charge is 0.338 e. The molecule has 6 heteroatoms. The number of rotatable bonds is 7. The average molecular weight is 432 g/mol. The summed E-state index contributed by atoms with van der Waals surface area (Å²) in [7, 11) is 0. The maximum Gasteiger partial charge on any atom is 0.338 e. The minimum atomic E-state index is -0.560. The second kappa shape index (κ2) is 9.47. The summed E-state index contributed by atoms with van der Waals surface area (Å²) in [6.07, 6.45) is 1.72. The lowest BCUT2D eigenvalue weighted by Crippen LogP contribution is -2.14. The molecule has 0 fully saturated rings. The molecule has 0 aromatic heterocycles. The maximum atomic E-state index is 12.2. The van der Waals surface area contributed by atoms with Crippen molar-refractivity contribution in [1.29, 1.82) is 0 Å². The summed E-state index contributed by atoms with van der Waals surface area (Å²) < 4.78 is 16.3. The van der Waals surface area contributed by atoms with Gasteiger partial charge < -0.3 is 14.2 Å². The zero-order valence-corrected chi connectivity index (χ0v) is 18.1. The normalized spacial score (nSPS) is 14.1. The Balaban J connectivity index is 2.01. The van der Waals surface area contributed by atoms with Crippen molar-refractivity contribution in [3.8, 4) is 22.6 Å². The van der Waals surface area contributed by atoms with Gasteiger partial charge in [-0.25, -0.2) is 14.4 Å². The average Bonchev–Trinajstić information content (AvgIpc) is 3.18. The topological polar surface area (TPSA) is 78.9 Å². The van der Waals surface area contributed by atoms with Gasteiger partial charge in [0.2, 0.25) is 0 Å². The van der Waals surface area contributed by atoms with E-state index in [1.165, 1.54) is 0 Å². The molecular weight excluding hydrogens is 408 g/mol. The van der Waals surface area contributed by atoms with Crippen molar-refractivity contribution in [3.63, 3.8) is 0 Å². The monoisotopic (exact) mass is 432 g/mol. The quantitative estimate of drug-likeness (QED) is 0.347. The molecule has 0 spiro atoms. The Morgan fingerprint density at radius 2 is 1.59 bits per heavy atom. The predicted octanol–water partition coefficient (Wildman–Crippen LogP) is 5.03.